The van der Waals surface area contributed by atoms with Crippen molar-refractivity contribution in [2.24, 2.45) is 11.8 Å². The van der Waals surface area contributed by atoms with Crippen LogP contribution in [0.5, 0.6) is 0 Å². The van der Waals surface area contributed by atoms with Crippen LogP contribution in [0.15, 0.2) is 18.2 Å². The molecule has 220 valence electrons. The predicted octanol–water partition coefficient (Wildman–Crippen LogP) is 4.38. The fourth-order valence-electron chi connectivity index (χ4n) is 5.91. The highest BCUT2D eigenvalue weighted by Gasteiger charge is 2.31. The summed E-state index contributed by atoms with van der Waals surface area (Å²) in [4.78, 5) is 46.1. The molecule has 1 saturated heterocycles. The van der Waals surface area contributed by atoms with Gasteiger partial charge in [0.05, 0.1) is 15.2 Å². The molecular weight excluding hydrogens is 522 g/mol. The van der Waals surface area contributed by atoms with Crippen molar-refractivity contribution < 1.29 is 14.4 Å². The number of nitrogens with zero attached hydrogens (tertiary/aromatic N) is 2. The van der Waals surface area contributed by atoms with Crippen LogP contribution in [0, 0.1) is 11.8 Å². The van der Waals surface area contributed by atoms with Crippen molar-refractivity contribution in [2.45, 2.75) is 97.1 Å². The number of fused-ring (bicyclic) bond motifs is 1. The number of aromatic nitrogens is 1. The second-order valence-corrected chi connectivity index (χ2v) is 13.1. The molecule has 3 amide bonds. The molecule has 2 aliphatic rings. The maximum Gasteiger partial charge on any atom is 0.243 e. The predicted molar refractivity (Wildman–Crippen MR) is 161 cm³/mol. The lowest BCUT2D eigenvalue weighted by molar-refractivity contribution is -0.129. The minimum atomic E-state index is -0.716. The Bertz CT molecular complexity index is 1150. The molecule has 8 nitrogen and oxygen atoms in total. The number of nitrogens with one attached hydrogen (secondary N) is 3. The monoisotopic (exact) mass is 569 g/mol. The molecule has 1 aliphatic heterocycles. The maximum absolute atomic E-state index is 13.7. The van der Waals surface area contributed by atoms with Crippen LogP contribution in [0.1, 0.15) is 89.1 Å². The van der Waals surface area contributed by atoms with E-state index in [1.54, 1.807) is 18.3 Å². The second-order valence-electron chi connectivity index (χ2n) is 12.0. The van der Waals surface area contributed by atoms with Crippen molar-refractivity contribution >= 4 is 39.3 Å². The molecule has 3 N–H and O–H groups in total. The van der Waals surface area contributed by atoms with Crippen LogP contribution in [0.25, 0.3) is 10.2 Å². The fourth-order valence-corrected chi connectivity index (χ4v) is 6.98. The number of thiazole rings is 1. The first kappa shape index (κ1) is 30.4. The van der Waals surface area contributed by atoms with Crippen LogP contribution < -0.4 is 16.0 Å². The first-order valence-corrected chi connectivity index (χ1v) is 16.0. The molecule has 0 radical (unpaired) electrons. The number of rotatable bonds is 13. The van der Waals surface area contributed by atoms with Crippen molar-refractivity contribution in [1.82, 2.24) is 25.8 Å². The van der Waals surface area contributed by atoms with Gasteiger partial charge in [-0.1, -0.05) is 46.6 Å². The smallest absolute Gasteiger partial charge is 0.243 e. The lowest BCUT2D eigenvalue weighted by Crippen LogP contribution is -2.55. The van der Waals surface area contributed by atoms with Gasteiger partial charge in [0.25, 0.3) is 0 Å². The highest BCUT2D eigenvalue weighted by molar-refractivity contribution is 7.18. The summed E-state index contributed by atoms with van der Waals surface area (Å²) in [7, 11) is 0. The Morgan fingerprint density at radius 1 is 1.02 bits per heavy atom. The zero-order chi connectivity index (χ0) is 28.6. The molecule has 0 bridgehead atoms. The summed E-state index contributed by atoms with van der Waals surface area (Å²) in [5.74, 6) is 0.316. The Morgan fingerprint density at radius 2 is 1.75 bits per heavy atom. The van der Waals surface area contributed by atoms with Crippen molar-refractivity contribution in [3.63, 3.8) is 0 Å². The molecule has 2 fully saturated rings. The van der Waals surface area contributed by atoms with Gasteiger partial charge in [0.15, 0.2) is 0 Å². The molecule has 2 aromatic rings. The molecule has 3 atom stereocenters. The van der Waals surface area contributed by atoms with Gasteiger partial charge < -0.3 is 20.9 Å². The van der Waals surface area contributed by atoms with E-state index in [0.29, 0.717) is 31.2 Å². The Balaban J connectivity index is 1.43. The minimum Gasteiger partial charge on any atom is -0.354 e. The van der Waals surface area contributed by atoms with Gasteiger partial charge in [-0.25, -0.2) is 4.98 Å². The van der Waals surface area contributed by atoms with E-state index in [-0.39, 0.29) is 29.7 Å². The Hall–Kier alpha value is -2.52. The zero-order valence-corrected chi connectivity index (χ0v) is 25.4. The molecule has 1 aromatic carbocycles. The van der Waals surface area contributed by atoms with Gasteiger partial charge in [-0.2, -0.15) is 0 Å². The standard InChI is InChI=1S/C31H47N5O3S/c1-5-28(37)33-25(17-29-34-24-13-12-23(20(2)3)16-27(24)40-29)31(39)35-26(22-10-6-7-11-22)18-32-30(38)21(4)19-36-14-8-9-15-36/h12-13,16,20-22,25-26H,5-11,14-15,17-19H2,1-4H3,(H,32,38)(H,33,37)(H,35,39)/t21?,25-,26?/m0/s1. The SMILES string of the molecule is CCC(=O)N[C@@H](Cc1nc2ccc(C(C)C)cc2s1)C(=O)NC(CNC(=O)C(C)CN1CCCC1)C1CCCC1. The van der Waals surface area contributed by atoms with Gasteiger partial charge >= 0.3 is 0 Å². The van der Waals surface area contributed by atoms with Gasteiger partial charge in [-0.3, -0.25) is 14.4 Å². The summed E-state index contributed by atoms with van der Waals surface area (Å²) in [6.45, 7) is 11.4. The topological polar surface area (TPSA) is 103 Å². The van der Waals surface area contributed by atoms with E-state index < -0.39 is 6.04 Å². The summed E-state index contributed by atoms with van der Waals surface area (Å²) in [6, 6.07) is 5.43. The fraction of sp³-hybridized carbons (Fsp3) is 0.677. The van der Waals surface area contributed by atoms with Crippen LogP contribution >= 0.6 is 11.3 Å². The molecule has 4 rings (SSSR count). The van der Waals surface area contributed by atoms with Crippen LogP contribution in [-0.4, -0.2) is 65.9 Å². The summed E-state index contributed by atoms with van der Waals surface area (Å²) < 4.78 is 1.09. The summed E-state index contributed by atoms with van der Waals surface area (Å²) in [6.07, 6.45) is 7.39. The van der Waals surface area contributed by atoms with Gasteiger partial charge in [0.1, 0.15) is 6.04 Å². The first-order chi connectivity index (χ1) is 19.2. The van der Waals surface area contributed by atoms with Crippen LogP contribution in [-0.2, 0) is 20.8 Å². The molecule has 1 aromatic heterocycles. The van der Waals surface area contributed by atoms with Crippen LogP contribution in [0.4, 0.5) is 0 Å². The number of amides is 3. The molecule has 1 saturated carbocycles. The highest BCUT2D eigenvalue weighted by atomic mass is 32.1. The summed E-state index contributed by atoms with van der Waals surface area (Å²) in [5.41, 5.74) is 2.17. The molecule has 0 spiro atoms. The van der Waals surface area contributed by atoms with Gasteiger partial charge in [-0.15, -0.1) is 11.3 Å². The summed E-state index contributed by atoms with van der Waals surface area (Å²) >= 11 is 1.58. The van der Waals surface area contributed by atoms with Gasteiger partial charge in [0, 0.05) is 37.9 Å². The third-order valence-corrected chi connectivity index (χ3v) is 9.49. The van der Waals surface area contributed by atoms with Crippen molar-refractivity contribution in [3.05, 3.63) is 28.8 Å². The van der Waals surface area contributed by atoms with Crippen molar-refractivity contribution in [3.8, 4) is 0 Å². The molecule has 2 heterocycles. The van der Waals surface area contributed by atoms with E-state index in [1.807, 2.05) is 13.0 Å². The maximum atomic E-state index is 13.7. The van der Waals surface area contributed by atoms with E-state index in [2.05, 4.69) is 46.8 Å². The molecule has 2 unspecified atom stereocenters. The Morgan fingerprint density at radius 3 is 2.42 bits per heavy atom. The minimum absolute atomic E-state index is 0.0372. The largest absolute Gasteiger partial charge is 0.354 e. The van der Waals surface area contributed by atoms with E-state index in [1.165, 1.54) is 18.4 Å². The molecule has 9 heteroatoms. The van der Waals surface area contributed by atoms with E-state index in [4.69, 9.17) is 4.98 Å². The lowest BCUT2D eigenvalue weighted by atomic mass is 9.97. The quantitative estimate of drug-likeness (QED) is 0.332. The lowest BCUT2D eigenvalue weighted by Gasteiger charge is -2.28. The highest BCUT2D eigenvalue weighted by Crippen LogP contribution is 2.29. The molecule has 40 heavy (non-hydrogen) atoms. The average Bonchev–Trinajstić information content (AvgIpc) is 3.72. The third-order valence-electron chi connectivity index (χ3n) is 8.45. The number of carbonyl (C=O) groups excluding carboxylic acids is 3. The Labute approximate surface area is 243 Å². The second kappa shape index (κ2) is 14.4. The normalized spacial score (nSPS) is 18.6. The molecular formula is C31H47N5O3S. The van der Waals surface area contributed by atoms with Crippen molar-refractivity contribution in [1.29, 1.82) is 0 Å². The number of hydrogen-bond acceptors (Lipinski definition) is 6. The number of hydrogen-bond donors (Lipinski definition) is 3. The van der Waals surface area contributed by atoms with Crippen LogP contribution in [0.3, 0.4) is 0 Å². The van der Waals surface area contributed by atoms with E-state index >= 15 is 0 Å². The van der Waals surface area contributed by atoms with E-state index in [0.717, 1.165) is 60.5 Å². The van der Waals surface area contributed by atoms with Crippen molar-refractivity contribution in [2.75, 3.05) is 26.2 Å². The Kier molecular flexibility index (Phi) is 11.0. The number of carbonyl (C=O) groups is 3. The first-order valence-electron chi connectivity index (χ1n) is 15.2. The third kappa shape index (κ3) is 8.26. The van der Waals surface area contributed by atoms with Gasteiger partial charge in [0.2, 0.25) is 17.7 Å². The van der Waals surface area contributed by atoms with Crippen LogP contribution in [0.2, 0.25) is 0 Å². The van der Waals surface area contributed by atoms with E-state index in [9.17, 15) is 14.4 Å². The number of likely N-dealkylation sites (tertiary alicyclic amines) is 1. The molecule has 1 aliphatic carbocycles. The zero-order valence-electron chi connectivity index (χ0n) is 24.6. The average molecular weight is 570 g/mol. The van der Waals surface area contributed by atoms with Gasteiger partial charge in [-0.05, 0) is 68.3 Å². The number of benzene rings is 1. The summed E-state index contributed by atoms with van der Waals surface area (Å²) in [5, 5.41) is 10.1.